The van der Waals surface area contributed by atoms with Crippen LogP contribution >= 0.6 is 0 Å². The summed E-state index contributed by atoms with van der Waals surface area (Å²) >= 11 is 0. The molecule has 2 bridgehead atoms. The van der Waals surface area contributed by atoms with Gasteiger partial charge in [-0.1, -0.05) is 6.07 Å². The van der Waals surface area contributed by atoms with E-state index < -0.39 is 0 Å². The lowest BCUT2D eigenvalue weighted by Crippen LogP contribution is -2.24. The van der Waals surface area contributed by atoms with Gasteiger partial charge < -0.3 is 14.4 Å². The maximum absolute atomic E-state index is 6.17. The van der Waals surface area contributed by atoms with Gasteiger partial charge in [0.25, 0.3) is 0 Å². The van der Waals surface area contributed by atoms with Crippen molar-refractivity contribution in [3.05, 3.63) is 41.3 Å². The molecule has 3 aromatic heterocycles. The number of hydrogen-bond donors (Lipinski definition) is 1. The molecule has 4 aromatic rings. The molecule has 0 radical (unpaired) electrons. The van der Waals surface area contributed by atoms with E-state index in [1.165, 1.54) is 25.9 Å². The smallest absolute Gasteiger partial charge is 0.240 e. The number of nitrogens with one attached hydrogen (secondary N) is 1. The SMILES string of the molecule is Cc1c2c(nn1CCN1CCCC1)OCCCOc1c(cnn1C)-c1ccc3n[nH]c(c3c1)/C=C/2. The summed E-state index contributed by atoms with van der Waals surface area (Å²) in [7, 11) is 1.90. The summed E-state index contributed by atoms with van der Waals surface area (Å²) in [5.74, 6) is 1.42. The average Bonchev–Trinajstić information content (AvgIpc) is 3.64. The summed E-state index contributed by atoms with van der Waals surface area (Å²) in [5, 5.41) is 18.0. The fourth-order valence-electron chi connectivity index (χ4n) is 4.97. The van der Waals surface area contributed by atoms with Crippen LogP contribution in [0.2, 0.25) is 0 Å². The first kappa shape index (κ1) is 21.9. The monoisotopic (exact) mass is 473 g/mol. The second-order valence-corrected chi connectivity index (χ2v) is 9.32. The molecule has 0 atom stereocenters. The number of aromatic nitrogens is 6. The van der Waals surface area contributed by atoms with Gasteiger partial charge in [0.1, 0.15) is 0 Å². The van der Waals surface area contributed by atoms with Gasteiger partial charge in [0.05, 0.1) is 48.3 Å². The summed E-state index contributed by atoms with van der Waals surface area (Å²) in [6.07, 6.45) is 9.35. The van der Waals surface area contributed by atoms with E-state index in [1.807, 2.05) is 19.3 Å². The van der Waals surface area contributed by atoms with Crippen molar-refractivity contribution in [3.8, 4) is 22.9 Å². The highest BCUT2D eigenvalue weighted by molar-refractivity contribution is 5.93. The van der Waals surface area contributed by atoms with Gasteiger partial charge in [0.15, 0.2) is 0 Å². The van der Waals surface area contributed by atoms with Crippen molar-refractivity contribution < 1.29 is 9.47 Å². The van der Waals surface area contributed by atoms with E-state index >= 15 is 0 Å². The minimum absolute atomic E-state index is 0.526. The molecule has 5 heterocycles. The molecule has 9 nitrogen and oxygen atoms in total. The Morgan fingerprint density at radius 2 is 1.89 bits per heavy atom. The van der Waals surface area contributed by atoms with Crippen molar-refractivity contribution in [2.24, 2.45) is 7.05 Å². The van der Waals surface area contributed by atoms with E-state index in [0.29, 0.717) is 19.1 Å². The molecule has 9 heteroatoms. The summed E-state index contributed by atoms with van der Waals surface area (Å²) < 4.78 is 16.2. The predicted octanol–water partition coefficient (Wildman–Crippen LogP) is 3.90. The Labute approximate surface area is 204 Å². The number of ether oxygens (including phenoxy) is 2. The van der Waals surface area contributed by atoms with Crippen molar-refractivity contribution in [1.29, 1.82) is 0 Å². The number of hydrogen-bond acceptors (Lipinski definition) is 6. The van der Waals surface area contributed by atoms with E-state index in [2.05, 4.69) is 56.1 Å². The molecule has 35 heavy (non-hydrogen) atoms. The van der Waals surface area contributed by atoms with E-state index in [9.17, 15) is 0 Å². The molecule has 1 fully saturated rings. The Morgan fingerprint density at radius 3 is 2.77 bits per heavy atom. The van der Waals surface area contributed by atoms with Gasteiger partial charge in [-0.3, -0.25) is 9.78 Å². The van der Waals surface area contributed by atoms with Crippen LogP contribution < -0.4 is 9.47 Å². The maximum atomic E-state index is 6.17. The lowest BCUT2D eigenvalue weighted by Gasteiger charge is -2.14. The van der Waals surface area contributed by atoms with Crippen molar-refractivity contribution in [2.45, 2.75) is 32.7 Å². The highest BCUT2D eigenvalue weighted by Crippen LogP contribution is 2.33. The number of aryl methyl sites for hydroxylation is 1. The predicted molar refractivity (Wildman–Crippen MR) is 135 cm³/mol. The Balaban J connectivity index is 1.37. The van der Waals surface area contributed by atoms with E-state index in [4.69, 9.17) is 14.6 Å². The first-order valence-electron chi connectivity index (χ1n) is 12.4. The number of nitrogens with zero attached hydrogens (tertiary/aromatic N) is 6. The summed E-state index contributed by atoms with van der Waals surface area (Å²) in [5.41, 5.74) is 5.99. The number of likely N-dealkylation sites (tertiary alicyclic amines) is 1. The normalized spacial score (nSPS) is 17.4. The molecule has 2 aliphatic rings. The van der Waals surface area contributed by atoms with Crippen LogP contribution in [0.3, 0.4) is 0 Å². The third kappa shape index (κ3) is 4.20. The molecular weight excluding hydrogens is 442 g/mol. The fourth-order valence-corrected chi connectivity index (χ4v) is 4.97. The van der Waals surface area contributed by atoms with E-state index in [-0.39, 0.29) is 0 Å². The average molecular weight is 474 g/mol. The van der Waals surface area contributed by atoms with Crippen molar-refractivity contribution in [3.63, 3.8) is 0 Å². The van der Waals surface area contributed by atoms with Gasteiger partial charge in [-0.2, -0.15) is 10.2 Å². The number of rotatable bonds is 3. The van der Waals surface area contributed by atoms with Crippen LogP contribution in [-0.2, 0) is 13.6 Å². The van der Waals surface area contributed by atoms with Gasteiger partial charge in [-0.05, 0) is 62.7 Å². The Bertz CT molecular complexity index is 1370. The minimum Gasteiger partial charge on any atom is -0.477 e. The van der Waals surface area contributed by atoms with Gasteiger partial charge >= 0.3 is 0 Å². The molecule has 1 aromatic carbocycles. The van der Waals surface area contributed by atoms with Gasteiger partial charge in [0.2, 0.25) is 11.8 Å². The number of fused-ring (bicyclic) bond motifs is 4. The molecule has 1 saturated heterocycles. The second kappa shape index (κ2) is 9.22. The molecule has 1 N–H and O–H groups in total. The summed E-state index contributed by atoms with van der Waals surface area (Å²) in [6, 6.07) is 6.24. The first-order chi connectivity index (χ1) is 17.2. The standard InChI is InChI=1S/C26H31N7O2/c1-18-20-7-9-24-21-16-19(6-8-23(21)28-29-24)22-17-27-31(2)26(22)35-15-5-14-34-25(20)30-33(18)13-12-32-10-3-4-11-32/h6-9,16-17H,3-5,10-15H2,1-2H3,(H,28,29)/b9-7+. The van der Waals surface area contributed by atoms with Gasteiger partial charge in [-0.25, -0.2) is 4.68 Å². The molecule has 2 aliphatic heterocycles. The first-order valence-corrected chi connectivity index (χ1v) is 12.4. The quantitative estimate of drug-likeness (QED) is 0.486. The molecule has 0 saturated carbocycles. The van der Waals surface area contributed by atoms with E-state index in [0.717, 1.165) is 64.4 Å². The highest BCUT2D eigenvalue weighted by atomic mass is 16.5. The second-order valence-electron chi connectivity index (χ2n) is 9.32. The molecule has 0 spiro atoms. The fraction of sp³-hybridized carbons (Fsp3) is 0.423. The van der Waals surface area contributed by atoms with Crippen molar-refractivity contribution >= 4 is 23.1 Å². The van der Waals surface area contributed by atoms with Crippen LogP contribution in [0.15, 0.2) is 24.4 Å². The summed E-state index contributed by atoms with van der Waals surface area (Å²) in [4.78, 5) is 2.51. The van der Waals surface area contributed by atoms with Crippen LogP contribution in [0.4, 0.5) is 0 Å². The van der Waals surface area contributed by atoms with Crippen molar-refractivity contribution in [1.82, 2.24) is 34.7 Å². The van der Waals surface area contributed by atoms with Crippen molar-refractivity contribution in [2.75, 3.05) is 32.8 Å². The number of benzene rings is 1. The van der Waals surface area contributed by atoms with Gasteiger partial charge in [0, 0.05) is 31.1 Å². The largest absolute Gasteiger partial charge is 0.477 e. The Kier molecular flexibility index (Phi) is 5.77. The lowest BCUT2D eigenvalue weighted by atomic mass is 10.1. The maximum Gasteiger partial charge on any atom is 0.240 e. The van der Waals surface area contributed by atoms with Gasteiger partial charge in [-0.15, -0.1) is 5.10 Å². The summed E-state index contributed by atoms with van der Waals surface area (Å²) in [6.45, 7) is 7.42. The number of H-pyrrole nitrogens is 1. The zero-order chi connectivity index (χ0) is 23.8. The Morgan fingerprint density at radius 1 is 1.03 bits per heavy atom. The highest BCUT2D eigenvalue weighted by Gasteiger charge is 2.18. The van der Waals surface area contributed by atoms with Crippen LogP contribution in [-0.4, -0.2) is 67.5 Å². The third-order valence-electron chi connectivity index (χ3n) is 7.01. The molecule has 6 rings (SSSR count). The molecule has 182 valence electrons. The molecule has 0 amide bonds. The molecular formula is C26H31N7O2. The van der Waals surface area contributed by atoms with Crippen LogP contribution in [0.1, 0.15) is 36.2 Å². The zero-order valence-corrected chi connectivity index (χ0v) is 20.3. The lowest BCUT2D eigenvalue weighted by molar-refractivity contribution is 0.230. The third-order valence-corrected chi connectivity index (χ3v) is 7.01. The van der Waals surface area contributed by atoms with Crippen LogP contribution in [0, 0.1) is 6.92 Å². The minimum atomic E-state index is 0.526. The number of aromatic amines is 1. The van der Waals surface area contributed by atoms with Crippen LogP contribution in [0.5, 0.6) is 11.8 Å². The van der Waals surface area contributed by atoms with Crippen LogP contribution in [0.25, 0.3) is 34.2 Å². The van der Waals surface area contributed by atoms with E-state index in [1.54, 1.807) is 4.68 Å². The molecule has 0 unspecified atom stereocenters. The zero-order valence-electron chi connectivity index (χ0n) is 20.3. The molecule has 0 aliphatic carbocycles. The Hall–Kier alpha value is -3.59. The topological polar surface area (TPSA) is 86.0 Å².